The Labute approximate surface area is 144 Å². The Morgan fingerprint density at radius 2 is 1.67 bits per heavy atom. The molecule has 130 valence electrons. The van der Waals surface area contributed by atoms with Crippen LogP contribution >= 0.6 is 0 Å². The van der Waals surface area contributed by atoms with Crippen molar-refractivity contribution < 1.29 is 13.8 Å². The van der Waals surface area contributed by atoms with Gasteiger partial charge in [0, 0.05) is 59.7 Å². The van der Waals surface area contributed by atoms with Crippen molar-refractivity contribution in [1.29, 1.82) is 0 Å². The van der Waals surface area contributed by atoms with E-state index in [1.807, 2.05) is 4.90 Å². The van der Waals surface area contributed by atoms with Gasteiger partial charge in [-0.3, -0.25) is 9.00 Å². The highest BCUT2D eigenvalue weighted by Crippen LogP contribution is 2.31. The van der Waals surface area contributed by atoms with Crippen molar-refractivity contribution in [2.75, 3.05) is 37.8 Å². The maximum absolute atomic E-state index is 12.4. The lowest BCUT2D eigenvalue weighted by atomic mass is 10.3. The van der Waals surface area contributed by atoms with Crippen LogP contribution in [-0.2, 0) is 15.6 Å². The molecule has 3 amide bonds. The summed E-state index contributed by atoms with van der Waals surface area (Å²) in [5.74, 6) is 0.480. The van der Waals surface area contributed by atoms with E-state index < -0.39 is 10.8 Å². The van der Waals surface area contributed by atoms with E-state index in [2.05, 4.69) is 5.32 Å². The van der Waals surface area contributed by atoms with Crippen molar-refractivity contribution in [2.24, 2.45) is 5.92 Å². The van der Waals surface area contributed by atoms with Gasteiger partial charge < -0.3 is 15.1 Å². The van der Waals surface area contributed by atoms with Crippen LogP contribution in [0, 0.1) is 5.92 Å². The first-order valence-electron chi connectivity index (χ1n) is 8.33. The molecule has 0 radical (unpaired) electrons. The summed E-state index contributed by atoms with van der Waals surface area (Å²) < 4.78 is 11.4. The zero-order valence-corrected chi connectivity index (χ0v) is 14.7. The van der Waals surface area contributed by atoms with Gasteiger partial charge >= 0.3 is 6.03 Å². The number of urea groups is 1. The first-order valence-corrected chi connectivity index (χ1v) is 9.88. The van der Waals surface area contributed by atoms with E-state index >= 15 is 0 Å². The normalized spacial score (nSPS) is 19.5. The molecular formula is C17H23N3O3S. The molecule has 1 aliphatic heterocycles. The number of anilines is 1. The SMILES string of the molecule is C[S@@](=O)c1ccc(NC(=O)N2CCCN(C(=O)C3CC3)CC2)cc1. The van der Waals surface area contributed by atoms with Crippen LogP contribution in [0.15, 0.2) is 29.2 Å². The number of carbonyl (C=O) groups is 2. The fourth-order valence-electron chi connectivity index (χ4n) is 2.86. The van der Waals surface area contributed by atoms with Crippen molar-refractivity contribution in [2.45, 2.75) is 24.2 Å². The molecule has 1 heterocycles. The molecule has 0 aromatic heterocycles. The fraction of sp³-hybridized carbons (Fsp3) is 0.529. The third-order valence-electron chi connectivity index (χ3n) is 4.46. The zero-order chi connectivity index (χ0) is 17.1. The Morgan fingerprint density at radius 1 is 1.04 bits per heavy atom. The summed E-state index contributed by atoms with van der Waals surface area (Å²) in [6, 6.07) is 6.88. The summed E-state index contributed by atoms with van der Waals surface area (Å²) in [6.45, 7) is 2.55. The monoisotopic (exact) mass is 349 g/mol. The van der Waals surface area contributed by atoms with Gasteiger partial charge in [0.1, 0.15) is 0 Å². The maximum Gasteiger partial charge on any atom is 0.321 e. The Morgan fingerprint density at radius 3 is 2.29 bits per heavy atom. The smallest absolute Gasteiger partial charge is 0.321 e. The van der Waals surface area contributed by atoms with Crippen LogP contribution in [0.1, 0.15) is 19.3 Å². The van der Waals surface area contributed by atoms with Gasteiger partial charge in [0.25, 0.3) is 0 Å². The highest BCUT2D eigenvalue weighted by atomic mass is 32.2. The lowest BCUT2D eigenvalue weighted by molar-refractivity contribution is -0.132. The van der Waals surface area contributed by atoms with E-state index in [0.29, 0.717) is 25.3 Å². The number of rotatable bonds is 3. The average Bonchev–Trinajstić information content (AvgIpc) is 3.41. The lowest BCUT2D eigenvalue weighted by Crippen LogP contribution is -2.39. The number of nitrogens with zero attached hydrogens (tertiary/aromatic N) is 2. The molecule has 1 saturated heterocycles. The summed E-state index contributed by atoms with van der Waals surface area (Å²) in [5.41, 5.74) is 0.685. The van der Waals surface area contributed by atoms with Crippen molar-refractivity contribution in [1.82, 2.24) is 9.80 Å². The summed E-state index contributed by atoms with van der Waals surface area (Å²) in [6.07, 6.45) is 4.45. The Bertz CT molecular complexity index is 643. The fourth-order valence-corrected chi connectivity index (χ4v) is 3.38. The number of nitrogens with one attached hydrogen (secondary N) is 1. The summed E-state index contributed by atoms with van der Waals surface area (Å²) in [4.78, 5) is 29.0. The molecule has 1 aromatic rings. The first-order chi connectivity index (χ1) is 11.5. The second-order valence-corrected chi connectivity index (χ2v) is 7.73. The topological polar surface area (TPSA) is 69.7 Å². The summed E-state index contributed by atoms with van der Waals surface area (Å²) in [7, 11) is -1.02. The van der Waals surface area contributed by atoms with Crippen LogP contribution in [0.5, 0.6) is 0 Å². The third-order valence-corrected chi connectivity index (χ3v) is 5.39. The maximum atomic E-state index is 12.4. The molecule has 1 N–H and O–H groups in total. The molecule has 2 aliphatic rings. The van der Waals surface area contributed by atoms with Crippen LogP contribution in [0.4, 0.5) is 10.5 Å². The molecule has 1 atom stereocenters. The standard InChI is InChI=1S/C17H23N3O3S/c1-24(23)15-7-5-14(6-8-15)18-17(22)20-10-2-9-19(11-12-20)16(21)13-3-4-13/h5-8,13H,2-4,9-12H2,1H3,(H,18,22)/t24-/m1/s1. The van der Waals surface area contributed by atoms with Crippen molar-refractivity contribution in [3.63, 3.8) is 0 Å². The van der Waals surface area contributed by atoms with E-state index in [4.69, 9.17) is 0 Å². The molecule has 0 unspecified atom stereocenters. The second kappa shape index (κ2) is 7.34. The molecule has 7 heteroatoms. The molecular weight excluding hydrogens is 326 g/mol. The quantitative estimate of drug-likeness (QED) is 0.906. The van der Waals surface area contributed by atoms with Crippen LogP contribution in [0.3, 0.4) is 0 Å². The molecule has 0 bridgehead atoms. The van der Waals surface area contributed by atoms with Gasteiger partial charge in [0.15, 0.2) is 0 Å². The van der Waals surface area contributed by atoms with E-state index in [1.165, 1.54) is 0 Å². The number of benzene rings is 1. The molecule has 1 saturated carbocycles. The summed E-state index contributed by atoms with van der Waals surface area (Å²) >= 11 is 0. The highest BCUT2D eigenvalue weighted by Gasteiger charge is 2.34. The van der Waals surface area contributed by atoms with E-state index in [-0.39, 0.29) is 17.9 Å². The van der Waals surface area contributed by atoms with Gasteiger partial charge in [0.05, 0.1) is 0 Å². The predicted octanol–water partition coefficient (Wildman–Crippen LogP) is 1.90. The van der Waals surface area contributed by atoms with Crippen LogP contribution in [0.2, 0.25) is 0 Å². The molecule has 2 fully saturated rings. The molecule has 0 spiro atoms. The van der Waals surface area contributed by atoms with Gasteiger partial charge in [-0.05, 0) is 43.5 Å². The van der Waals surface area contributed by atoms with Crippen molar-refractivity contribution >= 4 is 28.4 Å². The van der Waals surface area contributed by atoms with E-state index in [0.717, 1.165) is 30.7 Å². The molecule has 24 heavy (non-hydrogen) atoms. The van der Waals surface area contributed by atoms with Gasteiger partial charge in [-0.15, -0.1) is 0 Å². The second-order valence-electron chi connectivity index (χ2n) is 6.35. The van der Waals surface area contributed by atoms with Crippen LogP contribution < -0.4 is 5.32 Å². The minimum absolute atomic E-state index is 0.152. The minimum Gasteiger partial charge on any atom is -0.341 e. The largest absolute Gasteiger partial charge is 0.341 e. The molecule has 1 aromatic carbocycles. The average molecular weight is 349 g/mol. The molecule has 1 aliphatic carbocycles. The van der Waals surface area contributed by atoms with Crippen molar-refractivity contribution in [3.8, 4) is 0 Å². The van der Waals surface area contributed by atoms with Gasteiger partial charge in [0.2, 0.25) is 5.91 Å². The van der Waals surface area contributed by atoms with Gasteiger partial charge in [-0.25, -0.2) is 4.79 Å². The number of amides is 3. The zero-order valence-electron chi connectivity index (χ0n) is 13.9. The first kappa shape index (κ1) is 17.0. The number of carbonyl (C=O) groups excluding carboxylic acids is 2. The highest BCUT2D eigenvalue weighted by molar-refractivity contribution is 7.84. The van der Waals surface area contributed by atoms with E-state index in [1.54, 1.807) is 35.4 Å². The molecule has 3 rings (SSSR count). The number of hydrogen-bond donors (Lipinski definition) is 1. The number of hydrogen-bond acceptors (Lipinski definition) is 3. The molecule has 6 nitrogen and oxygen atoms in total. The Kier molecular flexibility index (Phi) is 5.18. The Hall–Kier alpha value is -1.89. The van der Waals surface area contributed by atoms with Crippen molar-refractivity contribution in [3.05, 3.63) is 24.3 Å². The lowest BCUT2D eigenvalue weighted by Gasteiger charge is -2.22. The van der Waals surface area contributed by atoms with Gasteiger partial charge in [-0.2, -0.15) is 0 Å². The predicted molar refractivity (Wildman–Crippen MR) is 93.3 cm³/mol. The third kappa shape index (κ3) is 4.14. The Balaban J connectivity index is 1.54. The van der Waals surface area contributed by atoms with Crippen LogP contribution in [0.25, 0.3) is 0 Å². The summed E-state index contributed by atoms with van der Waals surface area (Å²) in [5, 5.41) is 2.87. The van der Waals surface area contributed by atoms with E-state index in [9.17, 15) is 13.8 Å². The van der Waals surface area contributed by atoms with Gasteiger partial charge in [-0.1, -0.05) is 0 Å². The minimum atomic E-state index is -1.02. The van der Waals surface area contributed by atoms with Crippen LogP contribution in [-0.4, -0.2) is 58.4 Å².